The number of nitrogens with two attached hydrogens (primary N) is 1. The molecule has 0 spiro atoms. The number of hydrogen-bond donors (Lipinski definition) is 5. The molecule has 0 fully saturated rings. The van der Waals surface area contributed by atoms with Gasteiger partial charge in [-0.1, -0.05) is 17.3 Å². The molecule has 0 radical (unpaired) electrons. The zero-order chi connectivity index (χ0) is 14.5. The summed E-state index contributed by atoms with van der Waals surface area (Å²) >= 11 is 0. The quantitative estimate of drug-likeness (QED) is 0.251. The third-order valence-electron chi connectivity index (χ3n) is 2.38. The largest absolute Gasteiger partial charge is 0.409 e. The summed E-state index contributed by atoms with van der Waals surface area (Å²) in [5, 5.41) is 22.2. The number of nitrogens with one attached hydrogen (secondary N) is 3. The number of amidine groups is 1. The van der Waals surface area contributed by atoms with Crippen molar-refractivity contribution in [1.29, 1.82) is 0 Å². The predicted octanol–water partition coefficient (Wildman–Crippen LogP) is 1.29. The number of oxime groups is 1. The average Bonchev–Trinajstić information content (AvgIpc) is 2.88. The molecule has 20 heavy (non-hydrogen) atoms. The Kier molecular flexibility index (Phi) is 3.80. The molecule has 0 bridgehead atoms. The first-order chi connectivity index (χ1) is 9.61. The molecular formula is C11H11FN6O2. The van der Waals surface area contributed by atoms with Crippen LogP contribution in [-0.4, -0.2) is 27.3 Å². The van der Waals surface area contributed by atoms with Crippen molar-refractivity contribution >= 4 is 23.4 Å². The summed E-state index contributed by atoms with van der Waals surface area (Å²) in [5.74, 6) is -0.669. The number of aromatic amines is 1. The van der Waals surface area contributed by atoms with Crippen LogP contribution in [0.4, 0.5) is 20.7 Å². The lowest BCUT2D eigenvalue weighted by Crippen LogP contribution is -2.23. The molecular weight excluding hydrogens is 267 g/mol. The number of H-pyrrole nitrogens is 1. The van der Waals surface area contributed by atoms with Crippen LogP contribution in [0.1, 0.15) is 5.56 Å². The molecule has 0 atom stereocenters. The highest BCUT2D eigenvalue weighted by atomic mass is 19.1. The van der Waals surface area contributed by atoms with Gasteiger partial charge in [0, 0.05) is 0 Å². The van der Waals surface area contributed by atoms with Gasteiger partial charge >= 0.3 is 6.03 Å². The Balaban J connectivity index is 2.10. The van der Waals surface area contributed by atoms with Gasteiger partial charge in [0.25, 0.3) is 0 Å². The summed E-state index contributed by atoms with van der Waals surface area (Å²) < 4.78 is 13.4. The maximum Gasteiger partial charge on any atom is 0.324 e. The van der Waals surface area contributed by atoms with Crippen LogP contribution >= 0.6 is 0 Å². The number of halogens is 1. The average molecular weight is 278 g/mol. The van der Waals surface area contributed by atoms with Crippen LogP contribution in [0, 0.1) is 5.82 Å². The van der Waals surface area contributed by atoms with Gasteiger partial charge in [0.05, 0.1) is 17.4 Å². The van der Waals surface area contributed by atoms with Crippen LogP contribution in [0.3, 0.4) is 0 Å². The third kappa shape index (κ3) is 2.83. The number of rotatable bonds is 3. The van der Waals surface area contributed by atoms with Crippen LogP contribution in [0.2, 0.25) is 0 Å². The first kappa shape index (κ1) is 13.3. The summed E-state index contributed by atoms with van der Waals surface area (Å²) in [6.07, 6.45) is 1.27. The summed E-state index contributed by atoms with van der Waals surface area (Å²) in [6.45, 7) is 0. The van der Waals surface area contributed by atoms with E-state index in [2.05, 4.69) is 26.0 Å². The van der Waals surface area contributed by atoms with Crippen molar-refractivity contribution in [2.75, 3.05) is 10.6 Å². The van der Waals surface area contributed by atoms with Crippen molar-refractivity contribution in [2.45, 2.75) is 0 Å². The fourth-order valence-corrected chi connectivity index (χ4v) is 1.46. The minimum Gasteiger partial charge on any atom is -0.409 e. The van der Waals surface area contributed by atoms with Crippen LogP contribution in [0.5, 0.6) is 0 Å². The monoisotopic (exact) mass is 278 g/mol. The molecule has 2 aromatic rings. The highest BCUT2D eigenvalue weighted by Crippen LogP contribution is 2.14. The van der Waals surface area contributed by atoms with Gasteiger partial charge in [-0.05, 0) is 12.1 Å². The van der Waals surface area contributed by atoms with E-state index in [1.54, 1.807) is 6.07 Å². The number of nitrogens with zero attached hydrogens (tertiary/aromatic N) is 2. The number of anilines is 2. The second-order valence-electron chi connectivity index (χ2n) is 3.70. The van der Waals surface area contributed by atoms with E-state index in [9.17, 15) is 9.18 Å². The first-order valence-electron chi connectivity index (χ1n) is 5.45. The van der Waals surface area contributed by atoms with E-state index < -0.39 is 11.8 Å². The van der Waals surface area contributed by atoms with Crippen molar-refractivity contribution in [3.05, 3.63) is 41.8 Å². The van der Waals surface area contributed by atoms with Crippen molar-refractivity contribution < 1.29 is 14.4 Å². The maximum atomic E-state index is 13.4. The van der Waals surface area contributed by atoms with Gasteiger partial charge in [-0.25, -0.2) is 9.18 Å². The number of hydrogen-bond acceptors (Lipinski definition) is 4. The Hall–Kier alpha value is -3.10. The van der Waals surface area contributed by atoms with E-state index in [4.69, 9.17) is 10.9 Å². The second-order valence-corrected chi connectivity index (χ2v) is 3.70. The number of amides is 2. The molecule has 0 aliphatic heterocycles. The van der Waals surface area contributed by atoms with Gasteiger partial charge in [0.2, 0.25) is 0 Å². The molecule has 2 amide bonds. The van der Waals surface area contributed by atoms with Crippen LogP contribution in [0.25, 0.3) is 0 Å². The van der Waals surface area contributed by atoms with Gasteiger partial charge in [0.15, 0.2) is 5.84 Å². The number of carbonyl (C=O) groups excluding carboxylic acids is 1. The van der Waals surface area contributed by atoms with Gasteiger partial charge in [-0.15, -0.1) is 0 Å². The molecule has 6 N–H and O–H groups in total. The van der Waals surface area contributed by atoms with Crippen molar-refractivity contribution in [2.24, 2.45) is 10.9 Å². The molecule has 0 saturated carbocycles. The Bertz CT molecular complexity index is 654. The van der Waals surface area contributed by atoms with Gasteiger partial charge in [0.1, 0.15) is 11.6 Å². The third-order valence-corrected chi connectivity index (χ3v) is 2.38. The molecule has 0 aliphatic carbocycles. The number of benzene rings is 1. The minimum atomic E-state index is -0.702. The lowest BCUT2D eigenvalue weighted by atomic mass is 10.3. The van der Waals surface area contributed by atoms with E-state index in [0.29, 0.717) is 0 Å². The fraction of sp³-hybridized carbons (Fsp3) is 0. The number of urea groups is 1. The zero-order valence-electron chi connectivity index (χ0n) is 10.1. The van der Waals surface area contributed by atoms with E-state index in [1.165, 1.54) is 24.4 Å². The van der Waals surface area contributed by atoms with Crippen LogP contribution < -0.4 is 16.4 Å². The smallest absolute Gasteiger partial charge is 0.324 e. The van der Waals surface area contributed by atoms with Crippen molar-refractivity contribution in [1.82, 2.24) is 10.2 Å². The molecule has 0 saturated heterocycles. The van der Waals surface area contributed by atoms with Crippen molar-refractivity contribution in [3.8, 4) is 0 Å². The number of para-hydroxylation sites is 1. The maximum absolute atomic E-state index is 13.4. The topological polar surface area (TPSA) is 128 Å². The van der Waals surface area contributed by atoms with Gasteiger partial charge < -0.3 is 16.3 Å². The second kappa shape index (κ2) is 5.69. The van der Waals surface area contributed by atoms with Crippen LogP contribution in [0.15, 0.2) is 35.6 Å². The Morgan fingerprint density at radius 3 is 2.85 bits per heavy atom. The minimum absolute atomic E-state index is 0.0230. The zero-order valence-corrected chi connectivity index (χ0v) is 10.1. The molecule has 9 heteroatoms. The molecule has 104 valence electrons. The Labute approximate surface area is 112 Å². The molecule has 0 aliphatic rings. The fourth-order valence-electron chi connectivity index (χ4n) is 1.46. The van der Waals surface area contributed by atoms with E-state index >= 15 is 0 Å². The van der Waals surface area contributed by atoms with Crippen LogP contribution in [-0.2, 0) is 0 Å². The normalized spacial score (nSPS) is 11.2. The van der Waals surface area contributed by atoms with Gasteiger partial charge in [-0.2, -0.15) is 5.10 Å². The highest BCUT2D eigenvalue weighted by molar-refractivity contribution is 6.06. The lowest BCUT2D eigenvalue weighted by Gasteiger charge is -2.07. The lowest BCUT2D eigenvalue weighted by molar-refractivity contribution is 0.262. The number of carbonyl (C=O) groups is 1. The molecule has 1 aromatic carbocycles. The molecule has 2 rings (SSSR count). The van der Waals surface area contributed by atoms with E-state index in [-0.39, 0.29) is 22.9 Å². The summed E-state index contributed by atoms with van der Waals surface area (Å²) in [4.78, 5) is 11.7. The molecule has 1 aromatic heterocycles. The van der Waals surface area contributed by atoms with E-state index in [1.807, 2.05) is 0 Å². The molecule has 8 nitrogen and oxygen atoms in total. The van der Waals surface area contributed by atoms with Gasteiger partial charge in [-0.3, -0.25) is 10.4 Å². The predicted molar refractivity (Wildman–Crippen MR) is 70.1 cm³/mol. The summed E-state index contributed by atoms with van der Waals surface area (Å²) in [5.41, 5.74) is 5.63. The Morgan fingerprint density at radius 1 is 1.40 bits per heavy atom. The first-order valence-corrected chi connectivity index (χ1v) is 5.45. The van der Waals surface area contributed by atoms with E-state index in [0.717, 1.165) is 0 Å². The highest BCUT2D eigenvalue weighted by Gasteiger charge is 2.13. The molecule has 0 unspecified atom stereocenters. The standard InChI is InChI=1S/C11H11FN6O2/c12-7-3-1-2-4-8(7)15-11(19)16-10-6(5-14-17-10)9(13)18-20/h1-5,20H,(H2,13,18)(H3,14,15,16,17,19). The summed E-state index contributed by atoms with van der Waals surface area (Å²) in [6, 6.07) is 5.01. The number of aromatic nitrogens is 2. The Morgan fingerprint density at radius 2 is 2.15 bits per heavy atom. The SMILES string of the molecule is NC(=NO)c1cn[nH]c1NC(=O)Nc1ccccc1F. The summed E-state index contributed by atoms with van der Waals surface area (Å²) in [7, 11) is 0. The molecule has 1 heterocycles. The van der Waals surface area contributed by atoms with Crippen molar-refractivity contribution in [3.63, 3.8) is 0 Å².